The Hall–Kier alpha value is -2.50. The number of amides is 1. The quantitative estimate of drug-likeness (QED) is 0.694. The Labute approximate surface area is 134 Å². The van der Waals surface area contributed by atoms with Crippen LogP contribution in [0.1, 0.15) is 31.2 Å². The normalized spacial score (nSPS) is 10.7. The maximum atomic E-state index is 11.9. The largest absolute Gasteiger partial charge is 0.497 e. The highest BCUT2D eigenvalue weighted by atomic mass is 16.5. The molecule has 0 saturated carbocycles. The van der Waals surface area contributed by atoms with E-state index in [0.717, 1.165) is 23.8 Å². The number of fused-ring (bicyclic) bond motifs is 1. The third-order valence-electron chi connectivity index (χ3n) is 3.60. The fraction of sp³-hybridized carbons (Fsp3) is 0.412. The van der Waals surface area contributed by atoms with Crippen LogP contribution in [0.5, 0.6) is 5.75 Å². The molecule has 0 aliphatic rings. The second kappa shape index (κ2) is 8.22. The number of benzene rings is 1. The van der Waals surface area contributed by atoms with Crippen molar-refractivity contribution in [1.29, 1.82) is 0 Å². The molecule has 2 rings (SSSR count). The van der Waals surface area contributed by atoms with Crippen molar-refractivity contribution >= 4 is 22.8 Å². The summed E-state index contributed by atoms with van der Waals surface area (Å²) in [5.74, 6) is -0.136. The molecule has 0 aliphatic carbocycles. The second-order valence-electron chi connectivity index (χ2n) is 5.35. The second-order valence-corrected chi connectivity index (χ2v) is 5.35. The van der Waals surface area contributed by atoms with E-state index in [4.69, 9.17) is 14.3 Å². The summed E-state index contributed by atoms with van der Waals surface area (Å²) in [6.45, 7) is 0.558. The summed E-state index contributed by atoms with van der Waals surface area (Å²) in [6, 6.07) is 5.51. The van der Waals surface area contributed by atoms with Crippen molar-refractivity contribution in [2.45, 2.75) is 32.1 Å². The van der Waals surface area contributed by atoms with Gasteiger partial charge in [0.1, 0.15) is 11.3 Å². The number of aliphatic carboxylic acids is 1. The number of carboxylic acid groups (broad SMARTS) is 1. The van der Waals surface area contributed by atoms with Gasteiger partial charge in [-0.05, 0) is 25.0 Å². The molecule has 1 aromatic heterocycles. The van der Waals surface area contributed by atoms with Gasteiger partial charge >= 0.3 is 5.97 Å². The van der Waals surface area contributed by atoms with Crippen LogP contribution in [0, 0.1) is 0 Å². The smallest absolute Gasteiger partial charge is 0.303 e. The van der Waals surface area contributed by atoms with Gasteiger partial charge in [0.2, 0.25) is 5.91 Å². The van der Waals surface area contributed by atoms with E-state index in [-0.39, 0.29) is 18.7 Å². The molecule has 1 amide bonds. The van der Waals surface area contributed by atoms with E-state index in [9.17, 15) is 9.59 Å². The minimum atomic E-state index is -0.780. The molecule has 0 fully saturated rings. The van der Waals surface area contributed by atoms with Crippen LogP contribution in [0.25, 0.3) is 11.0 Å². The van der Waals surface area contributed by atoms with Crippen LogP contribution in [0.2, 0.25) is 0 Å². The van der Waals surface area contributed by atoms with Gasteiger partial charge in [-0.1, -0.05) is 6.42 Å². The van der Waals surface area contributed by atoms with Crippen molar-refractivity contribution in [3.63, 3.8) is 0 Å². The summed E-state index contributed by atoms with van der Waals surface area (Å²) in [5, 5.41) is 12.3. The molecule has 0 atom stereocenters. The Morgan fingerprint density at radius 2 is 2.09 bits per heavy atom. The average molecular weight is 319 g/mol. The number of carbonyl (C=O) groups is 2. The molecular weight excluding hydrogens is 298 g/mol. The first-order chi connectivity index (χ1) is 11.1. The van der Waals surface area contributed by atoms with Crippen LogP contribution >= 0.6 is 0 Å². The summed E-state index contributed by atoms with van der Waals surface area (Å²) in [4.78, 5) is 22.3. The summed E-state index contributed by atoms with van der Waals surface area (Å²) in [6.07, 6.45) is 4.24. The Morgan fingerprint density at radius 1 is 1.26 bits per heavy atom. The van der Waals surface area contributed by atoms with E-state index < -0.39 is 5.97 Å². The van der Waals surface area contributed by atoms with E-state index in [0.29, 0.717) is 24.3 Å². The number of methoxy groups -OCH3 is 1. The van der Waals surface area contributed by atoms with Crippen molar-refractivity contribution < 1.29 is 23.8 Å². The first kappa shape index (κ1) is 16.9. The van der Waals surface area contributed by atoms with Gasteiger partial charge in [-0.3, -0.25) is 9.59 Å². The predicted molar refractivity (Wildman–Crippen MR) is 85.6 cm³/mol. The molecule has 2 N–H and O–H groups in total. The molecule has 6 heteroatoms. The molecule has 23 heavy (non-hydrogen) atoms. The Kier molecular flexibility index (Phi) is 6.02. The highest BCUT2D eigenvalue weighted by Gasteiger charge is 2.11. The molecule has 0 saturated heterocycles. The highest BCUT2D eigenvalue weighted by Crippen LogP contribution is 2.25. The summed E-state index contributed by atoms with van der Waals surface area (Å²) < 4.78 is 10.6. The van der Waals surface area contributed by atoms with Crippen molar-refractivity contribution in [1.82, 2.24) is 5.32 Å². The molecule has 1 aromatic carbocycles. The number of furan rings is 1. The Morgan fingerprint density at radius 3 is 2.83 bits per heavy atom. The maximum Gasteiger partial charge on any atom is 0.303 e. The molecule has 0 unspecified atom stereocenters. The molecule has 2 aromatic rings. The van der Waals surface area contributed by atoms with Crippen molar-refractivity contribution in [3.8, 4) is 5.75 Å². The van der Waals surface area contributed by atoms with Gasteiger partial charge in [-0.2, -0.15) is 0 Å². The number of nitrogens with one attached hydrogen (secondary N) is 1. The molecule has 124 valence electrons. The van der Waals surface area contributed by atoms with Crippen LogP contribution in [0.4, 0.5) is 0 Å². The summed E-state index contributed by atoms with van der Waals surface area (Å²) in [5.41, 5.74) is 1.53. The van der Waals surface area contributed by atoms with E-state index in [2.05, 4.69) is 5.32 Å². The molecule has 0 radical (unpaired) electrons. The minimum Gasteiger partial charge on any atom is -0.497 e. The highest BCUT2D eigenvalue weighted by molar-refractivity contribution is 5.88. The first-order valence-corrected chi connectivity index (χ1v) is 7.62. The van der Waals surface area contributed by atoms with Gasteiger partial charge in [-0.25, -0.2) is 0 Å². The zero-order chi connectivity index (χ0) is 16.7. The van der Waals surface area contributed by atoms with Gasteiger partial charge in [0.25, 0.3) is 0 Å². The standard InChI is InChI=1S/C17H21NO5/c1-22-13-6-7-14-12(11-23-15(14)10-13)9-16(19)18-8-4-2-3-5-17(20)21/h6-7,10-11H,2-5,8-9H2,1H3,(H,18,19)(H,20,21). The third kappa shape index (κ3) is 5.02. The van der Waals surface area contributed by atoms with Gasteiger partial charge in [-0.15, -0.1) is 0 Å². The lowest BCUT2D eigenvalue weighted by atomic mass is 10.1. The van der Waals surface area contributed by atoms with Crippen LogP contribution in [0.15, 0.2) is 28.9 Å². The zero-order valence-corrected chi connectivity index (χ0v) is 13.1. The Bertz CT molecular complexity index is 677. The van der Waals surface area contributed by atoms with E-state index in [1.807, 2.05) is 12.1 Å². The summed E-state index contributed by atoms with van der Waals surface area (Å²) >= 11 is 0. The zero-order valence-electron chi connectivity index (χ0n) is 13.1. The lowest BCUT2D eigenvalue weighted by Crippen LogP contribution is -2.26. The average Bonchev–Trinajstić information content (AvgIpc) is 2.92. The lowest BCUT2D eigenvalue weighted by Gasteiger charge is -2.04. The number of carbonyl (C=O) groups excluding carboxylic acids is 1. The maximum absolute atomic E-state index is 11.9. The van der Waals surface area contributed by atoms with Crippen LogP contribution < -0.4 is 10.1 Å². The lowest BCUT2D eigenvalue weighted by molar-refractivity contribution is -0.137. The van der Waals surface area contributed by atoms with Crippen molar-refractivity contribution in [3.05, 3.63) is 30.0 Å². The SMILES string of the molecule is COc1ccc2c(CC(=O)NCCCCCC(=O)O)coc2c1. The molecule has 6 nitrogen and oxygen atoms in total. The molecule has 0 bridgehead atoms. The first-order valence-electron chi connectivity index (χ1n) is 7.62. The fourth-order valence-electron chi connectivity index (χ4n) is 2.37. The number of rotatable bonds is 9. The van der Waals surface area contributed by atoms with Crippen LogP contribution in [0.3, 0.4) is 0 Å². The number of ether oxygens (including phenoxy) is 1. The molecule has 0 spiro atoms. The summed E-state index contributed by atoms with van der Waals surface area (Å²) in [7, 11) is 1.59. The molecule has 0 aliphatic heterocycles. The topological polar surface area (TPSA) is 88.8 Å². The van der Waals surface area contributed by atoms with Gasteiger partial charge < -0.3 is 19.6 Å². The van der Waals surface area contributed by atoms with Crippen LogP contribution in [-0.2, 0) is 16.0 Å². The number of hydrogen-bond donors (Lipinski definition) is 2. The van der Waals surface area contributed by atoms with E-state index in [1.165, 1.54) is 0 Å². The van der Waals surface area contributed by atoms with Crippen molar-refractivity contribution in [2.24, 2.45) is 0 Å². The predicted octanol–water partition coefficient (Wildman–Crippen LogP) is 2.75. The number of unbranched alkanes of at least 4 members (excludes halogenated alkanes) is 2. The van der Waals surface area contributed by atoms with E-state index >= 15 is 0 Å². The monoisotopic (exact) mass is 319 g/mol. The van der Waals surface area contributed by atoms with E-state index in [1.54, 1.807) is 19.4 Å². The molecular formula is C17H21NO5. The third-order valence-corrected chi connectivity index (χ3v) is 3.60. The van der Waals surface area contributed by atoms with Gasteiger partial charge in [0, 0.05) is 30.0 Å². The fourth-order valence-corrected chi connectivity index (χ4v) is 2.37. The van der Waals surface area contributed by atoms with Gasteiger partial charge in [0.05, 0.1) is 19.8 Å². The van der Waals surface area contributed by atoms with Crippen molar-refractivity contribution in [2.75, 3.05) is 13.7 Å². The van der Waals surface area contributed by atoms with Gasteiger partial charge in [0.15, 0.2) is 0 Å². The molecule has 1 heterocycles. The van der Waals surface area contributed by atoms with Crippen LogP contribution in [-0.4, -0.2) is 30.6 Å². The Balaban J connectivity index is 1.78. The number of carboxylic acids is 1. The minimum absolute atomic E-state index is 0.0678. The number of hydrogen-bond acceptors (Lipinski definition) is 4.